The molecule has 0 fully saturated rings. The summed E-state index contributed by atoms with van der Waals surface area (Å²) in [6.45, 7) is 0. The number of nitrogens with one attached hydrogen (secondary N) is 1. The van der Waals surface area contributed by atoms with Crippen molar-refractivity contribution in [2.24, 2.45) is 5.10 Å². The molecule has 0 aliphatic heterocycles. The fraction of sp³-hybridized carbons (Fsp3) is 0.125. The third-order valence-corrected chi connectivity index (χ3v) is 3.24. The molecule has 9 heteroatoms. The predicted molar refractivity (Wildman–Crippen MR) is 89.4 cm³/mol. The fourth-order valence-corrected chi connectivity index (χ4v) is 2.03. The Labute approximate surface area is 142 Å². The zero-order valence-electron chi connectivity index (χ0n) is 13.4. The van der Waals surface area contributed by atoms with Crippen LogP contribution < -0.4 is 14.9 Å². The zero-order valence-corrected chi connectivity index (χ0v) is 13.4. The van der Waals surface area contributed by atoms with Gasteiger partial charge in [-0.15, -0.1) is 0 Å². The molecule has 0 spiro atoms. The minimum atomic E-state index is -0.632. The molecule has 0 aliphatic rings. The first-order chi connectivity index (χ1) is 12.0. The van der Waals surface area contributed by atoms with Crippen molar-refractivity contribution < 1.29 is 24.3 Å². The van der Waals surface area contributed by atoms with E-state index in [-0.39, 0.29) is 28.3 Å². The molecular weight excluding hydrogens is 330 g/mol. The molecule has 2 aromatic carbocycles. The number of ether oxygens (including phenoxy) is 2. The van der Waals surface area contributed by atoms with Crippen molar-refractivity contribution in [3.63, 3.8) is 0 Å². The second-order valence-electron chi connectivity index (χ2n) is 4.74. The average molecular weight is 345 g/mol. The quantitative estimate of drug-likeness (QED) is 0.469. The minimum absolute atomic E-state index is 0.0198. The van der Waals surface area contributed by atoms with Gasteiger partial charge in [0.25, 0.3) is 11.6 Å². The second-order valence-corrected chi connectivity index (χ2v) is 4.74. The van der Waals surface area contributed by atoms with Crippen LogP contribution in [0.5, 0.6) is 17.2 Å². The number of methoxy groups -OCH3 is 2. The Hall–Kier alpha value is -3.62. The Morgan fingerprint density at radius 2 is 1.92 bits per heavy atom. The van der Waals surface area contributed by atoms with Crippen LogP contribution in [0.2, 0.25) is 0 Å². The summed E-state index contributed by atoms with van der Waals surface area (Å²) in [5.74, 6) is -0.573. The summed E-state index contributed by atoms with van der Waals surface area (Å²) in [4.78, 5) is 22.4. The molecular formula is C16H15N3O6. The van der Waals surface area contributed by atoms with Crippen LogP contribution in [-0.2, 0) is 0 Å². The number of benzene rings is 2. The van der Waals surface area contributed by atoms with E-state index in [0.717, 1.165) is 18.3 Å². The van der Waals surface area contributed by atoms with Crippen molar-refractivity contribution in [2.45, 2.75) is 0 Å². The van der Waals surface area contributed by atoms with Gasteiger partial charge >= 0.3 is 0 Å². The number of phenolic OH excluding ortho intramolecular Hbond substituents is 1. The lowest BCUT2D eigenvalue weighted by Gasteiger charge is -2.07. The Bertz CT molecular complexity index is 835. The number of amides is 1. The number of rotatable bonds is 6. The fourth-order valence-electron chi connectivity index (χ4n) is 2.03. The van der Waals surface area contributed by atoms with Gasteiger partial charge in [-0.05, 0) is 12.1 Å². The third kappa shape index (κ3) is 4.02. The van der Waals surface area contributed by atoms with Crippen LogP contribution >= 0.6 is 0 Å². The molecule has 9 nitrogen and oxygen atoms in total. The van der Waals surface area contributed by atoms with E-state index in [1.807, 2.05) is 0 Å². The Morgan fingerprint density at radius 3 is 2.56 bits per heavy atom. The van der Waals surface area contributed by atoms with E-state index in [1.165, 1.54) is 14.2 Å². The maximum absolute atomic E-state index is 12.1. The van der Waals surface area contributed by atoms with Gasteiger partial charge in [-0.3, -0.25) is 14.9 Å². The van der Waals surface area contributed by atoms with E-state index in [0.29, 0.717) is 5.75 Å². The topological polar surface area (TPSA) is 123 Å². The second kappa shape index (κ2) is 7.77. The van der Waals surface area contributed by atoms with Gasteiger partial charge in [0.1, 0.15) is 5.75 Å². The number of phenols is 1. The first kappa shape index (κ1) is 17.7. The maximum Gasteiger partial charge on any atom is 0.275 e. The molecule has 0 saturated heterocycles. The van der Waals surface area contributed by atoms with Gasteiger partial charge < -0.3 is 14.6 Å². The minimum Gasteiger partial charge on any atom is -0.504 e. The monoisotopic (exact) mass is 345 g/mol. The van der Waals surface area contributed by atoms with Gasteiger partial charge in [0.05, 0.1) is 37.0 Å². The van der Waals surface area contributed by atoms with Crippen molar-refractivity contribution in [3.05, 3.63) is 57.6 Å². The number of hydrazone groups is 1. The molecule has 0 aromatic heterocycles. The number of aromatic hydroxyl groups is 1. The highest BCUT2D eigenvalue weighted by molar-refractivity contribution is 5.97. The van der Waals surface area contributed by atoms with Gasteiger partial charge in [0, 0.05) is 11.6 Å². The van der Waals surface area contributed by atoms with Crippen molar-refractivity contribution in [2.75, 3.05) is 14.2 Å². The molecule has 0 radical (unpaired) electrons. The molecule has 0 unspecified atom stereocenters. The number of carbonyl (C=O) groups is 1. The van der Waals surface area contributed by atoms with Gasteiger partial charge in [-0.1, -0.05) is 12.1 Å². The number of nitrogens with zero attached hydrogens (tertiary/aromatic N) is 2. The lowest BCUT2D eigenvalue weighted by Crippen LogP contribution is -2.18. The number of hydrogen-bond donors (Lipinski definition) is 2. The Balaban J connectivity index is 2.23. The molecule has 130 valence electrons. The standard InChI is InChI=1S/C16H15N3O6/c1-24-13-6-4-3-5-12(13)16(21)18-17-9-10-7-11(19(22)23)8-14(25-2)15(10)20/h3-9,20H,1-2H3,(H,18,21). The van der Waals surface area contributed by atoms with Crippen molar-refractivity contribution in [3.8, 4) is 17.2 Å². The number of nitro benzene ring substituents is 1. The first-order valence-electron chi connectivity index (χ1n) is 6.99. The zero-order chi connectivity index (χ0) is 18.4. The molecule has 25 heavy (non-hydrogen) atoms. The van der Waals surface area contributed by atoms with Crippen LogP contribution in [0.1, 0.15) is 15.9 Å². The highest BCUT2D eigenvalue weighted by Crippen LogP contribution is 2.33. The SMILES string of the molecule is COc1ccccc1C(=O)NN=Cc1cc([N+](=O)[O-])cc(OC)c1O. The highest BCUT2D eigenvalue weighted by Gasteiger charge is 2.16. The van der Waals surface area contributed by atoms with E-state index in [1.54, 1.807) is 24.3 Å². The Morgan fingerprint density at radius 1 is 1.24 bits per heavy atom. The number of non-ortho nitro benzene ring substituents is 1. The molecule has 0 aliphatic carbocycles. The summed E-state index contributed by atoms with van der Waals surface area (Å²) < 4.78 is 9.96. The van der Waals surface area contributed by atoms with E-state index < -0.39 is 10.8 Å². The molecule has 1 amide bonds. The summed E-state index contributed by atoms with van der Waals surface area (Å²) in [5, 5.41) is 24.6. The van der Waals surface area contributed by atoms with Crippen LogP contribution in [0.15, 0.2) is 41.5 Å². The maximum atomic E-state index is 12.1. The summed E-state index contributed by atoms with van der Waals surface area (Å²) in [5.41, 5.74) is 2.27. The van der Waals surface area contributed by atoms with Gasteiger partial charge in [-0.25, -0.2) is 5.43 Å². The van der Waals surface area contributed by atoms with Gasteiger partial charge in [0.2, 0.25) is 0 Å². The van der Waals surface area contributed by atoms with Crippen molar-refractivity contribution >= 4 is 17.8 Å². The highest BCUT2D eigenvalue weighted by atomic mass is 16.6. The van der Waals surface area contributed by atoms with Crippen LogP contribution in [0.4, 0.5) is 5.69 Å². The normalized spacial score (nSPS) is 10.5. The van der Waals surface area contributed by atoms with Crippen LogP contribution in [-0.4, -0.2) is 36.4 Å². The lowest BCUT2D eigenvalue weighted by atomic mass is 10.1. The van der Waals surface area contributed by atoms with Crippen molar-refractivity contribution in [1.82, 2.24) is 5.43 Å². The first-order valence-corrected chi connectivity index (χ1v) is 6.99. The lowest BCUT2D eigenvalue weighted by molar-refractivity contribution is -0.385. The number of carbonyl (C=O) groups excluding carboxylic acids is 1. The van der Waals surface area contributed by atoms with Crippen LogP contribution in [0.25, 0.3) is 0 Å². The number of nitro groups is 1. The summed E-state index contributed by atoms with van der Waals surface area (Å²) in [6, 6.07) is 8.74. The largest absolute Gasteiger partial charge is 0.504 e. The Kier molecular flexibility index (Phi) is 5.51. The third-order valence-electron chi connectivity index (χ3n) is 3.24. The smallest absolute Gasteiger partial charge is 0.275 e. The van der Waals surface area contributed by atoms with Gasteiger partial charge in [-0.2, -0.15) is 5.10 Å². The van der Waals surface area contributed by atoms with E-state index in [2.05, 4.69) is 10.5 Å². The molecule has 2 rings (SSSR count). The molecule has 0 heterocycles. The average Bonchev–Trinajstić information content (AvgIpc) is 2.62. The predicted octanol–water partition coefficient (Wildman–Crippen LogP) is 2.08. The molecule has 2 aromatic rings. The van der Waals surface area contributed by atoms with Crippen LogP contribution in [0.3, 0.4) is 0 Å². The van der Waals surface area contributed by atoms with Crippen molar-refractivity contribution in [1.29, 1.82) is 0 Å². The molecule has 0 bridgehead atoms. The van der Waals surface area contributed by atoms with E-state index >= 15 is 0 Å². The molecule has 0 saturated carbocycles. The summed E-state index contributed by atoms with van der Waals surface area (Å²) in [6.07, 6.45) is 1.08. The molecule has 0 atom stereocenters. The van der Waals surface area contributed by atoms with E-state index in [9.17, 15) is 20.0 Å². The summed E-state index contributed by atoms with van der Waals surface area (Å²) >= 11 is 0. The van der Waals surface area contributed by atoms with Gasteiger partial charge in [0.15, 0.2) is 11.5 Å². The number of para-hydroxylation sites is 1. The number of hydrogen-bond acceptors (Lipinski definition) is 7. The molecule has 2 N–H and O–H groups in total. The summed E-state index contributed by atoms with van der Waals surface area (Å²) in [7, 11) is 2.70. The van der Waals surface area contributed by atoms with Crippen LogP contribution in [0, 0.1) is 10.1 Å². The van der Waals surface area contributed by atoms with E-state index in [4.69, 9.17) is 9.47 Å².